The first kappa shape index (κ1) is 19.6. The van der Waals surface area contributed by atoms with E-state index in [0.717, 1.165) is 12.8 Å². The van der Waals surface area contributed by atoms with Gasteiger partial charge < -0.3 is 9.64 Å². The number of allylic oxidation sites excluding steroid dienone is 2. The second-order valence-electron chi connectivity index (χ2n) is 6.69. The summed E-state index contributed by atoms with van der Waals surface area (Å²) in [5.41, 5.74) is 0. The van der Waals surface area contributed by atoms with Gasteiger partial charge in [-0.05, 0) is 31.4 Å². The topological polar surface area (TPSA) is 84.0 Å². The van der Waals surface area contributed by atoms with Crippen molar-refractivity contribution in [1.82, 2.24) is 9.21 Å². The van der Waals surface area contributed by atoms with Crippen molar-refractivity contribution in [3.05, 3.63) is 42.5 Å². The predicted octanol–water partition coefficient (Wildman–Crippen LogP) is 1.42. The van der Waals surface area contributed by atoms with E-state index in [2.05, 4.69) is 0 Å². The first-order valence-corrected chi connectivity index (χ1v) is 10.6. The van der Waals surface area contributed by atoms with Gasteiger partial charge in [0, 0.05) is 26.2 Å². The highest BCUT2D eigenvalue weighted by Crippen LogP contribution is 2.20. The molecule has 1 atom stereocenters. The quantitative estimate of drug-likeness (QED) is 0.559. The van der Waals surface area contributed by atoms with Crippen molar-refractivity contribution < 1.29 is 22.7 Å². The Balaban J connectivity index is 1.48. The van der Waals surface area contributed by atoms with Crippen molar-refractivity contribution in [3.63, 3.8) is 0 Å². The maximum atomic E-state index is 12.6. The third kappa shape index (κ3) is 4.75. The van der Waals surface area contributed by atoms with Crippen LogP contribution in [0.15, 0.2) is 47.4 Å². The van der Waals surface area contributed by atoms with Crippen LogP contribution in [-0.4, -0.2) is 62.3 Å². The molecule has 0 radical (unpaired) electrons. The average molecular weight is 392 g/mol. The van der Waals surface area contributed by atoms with Gasteiger partial charge >= 0.3 is 5.97 Å². The van der Waals surface area contributed by atoms with Gasteiger partial charge in [0.1, 0.15) is 0 Å². The average Bonchev–Trinajstić information content (AvgIpc) is 2.73. The lowest BCUT2D eigenvalue weighted by molar-refractivity contribution is -0.156. The summed E-state index contributed by atoms with van der Waals surface area (Å²) < 4.78 is 31.7. The number of carbonyl (C=O) groups excluding carboxylic acids is 2. The molecule has 1 aliphatic carbocycles. The molecule has 1 aromatic rings. The second kappa shape index (κ2) is 8.67. The van der Waals surface area contributed by atoms with E-state index >= 15 is 0 Å². The first-order chi connectivity index (χ1) is 13.0. The number of esters is 1. The van der Waals surface area contributed by atoms with Gasteiger partial charge in [-0.15, -0.1) is 0 Å². The van der Waals surface area contributed by atoms with Gasteiger partial charge in [0.2, 0.25) is 10.0 Å². The van der Waals surface area contributed by atoms with Crippen molar-refractivity contribution in [2.24, 2.45) is 5.92 Å². The molecule has 1 aliphatic heterocycles. The van der Waals surface area contributed by atoms with E-state index in [1.807, 2.05) is 12.2 Å². The van der Waals surface area contributed by atoms with Gasteiger partial charge in [0.25, 0.3) is 5.91 Å². The lowest BCUT2D eigenvalue weighted by Gasteiger charge is -2.34. The smallest absolute Gasteiger partial charge is 0.309 e. The number of carbonyl (C=O) groups is 2. The lowest BCUT2D eigenvalue weighted by atomic mass is 9.95. The van der Waals surface area contributed by atoms with E-state index < -0.39 is 10.0 Å². The molecular weight excluding hydrogens is 368 g/mol. The van der Waals surface area contributed by atoms with Crippen molar-refractivity contribution in [2.75, 3.05) is 32.8 Å². The second-order valence-corrected chi connectivity index (χ2v) is 8.62. The van der Waals surface area contributed by atoms with E-state index in [0.29, 0.717) is 6.42 Å². The predicted molar refractivity (Wildman–Crippen MR) is 99.2 cm³/mol. The van der Waals surface area contributed by atoms with Gasteiger partial charge in [-0.2, -0.15) is 4.31 Å². The highest BCUT2D eigenvalue weighted by atomic mass is 32.2. The maximum Gasteiger partial charge on any atom is 0.309 e. The summed E-state index contributed by atoms with van der Waals surface area (Å²) in [5.74, 6) is -0.792. The van der Waals surface area contributed by atoms with Crippen molar-refractivity contribution in [3.8, 4) is 0 Å². The summed E-state index contributed by atoms with van der Waals surface area (Å²) in [6, 6.07) is 8.26. The molecule has 1 amide bonds. The third-order valence-electron chi connectivity index (χ3n) is 4.91. The van der Waals surface area contributed by atoms with Crippen LogP contribution in [0.1, 0.15) is 19.3 Å². The number of sulfonamides is 1. The zero-order chi connectivity index (χ0) is 19.3. The number of hydrogen-bond acceptors (Lipinski definition) is 5. The molecule has 1 saturated heterocycles. The molecule has 7 nitrogen and oxygen atoms in total. The van der Waals surface area contributed by atoms with Gasteiger partial charge in [0.15, 0.2) is 6.61 Å². The lowest BCUT2D eigenvalue weighted by Crippen LogP contribution is -2.51. The molecule has 0 N–H and O–H groups in total. The fourth-order valence-corrected chi connectivity index (χ4v) is 4.71. The van der Waals surface area contributed by atoms with Crippen LogP contribution in [0.2, 0.25) is 0 Å². The number of hydrogen-bond donors (Lipinski definition) is 0. The molecule has 0 aromatic heterocycles. The number of piperazine rings is 1. The monoisotopic (exact) mass is 392 g/mol. The van der Waals surface area contributed by atoms with Crippen molar-refractivity contribution in [1.29, 1.82) is 0 Å². The Kier molecular flexibility index (Phi) is 6.28. The van der Waals surface area contributed by atoms with Crippen molar-refractivity contribution in [2.45, 2.75) is 24.2 Å². The fourth-order valence-electron chi connectivity index (χ4n) is 3.27. The Hall–Kier alpha value is -2.19. The minimum atomic E-state index is -3.55. The first-order valence-electron chi connectivity index (χ1n) is 9.13. The highest BCUT2D eigenvalue weighted by Gasteiger charge is 2.30. The molecule has 0 unspecified atom stereocenters. The van der Waals surface area contributed by atoms with Gasteiger partial charge in [-0.3, -0.25) is 9.59 Å². The summed E-state index contributed by atoms with van der Waals surface area (Å²) in [6.45, 7) is 0.738. The largest absolute Gasteiger partial charge is 0.455 e. The molecule has 1 heterocycles. The van der Waals surface area contributed by atoms with Gasteiger partial charge in [-0.1, -0.05) is 30.4 Å². The zero-order valence-electron chi connectivity index (χ0n) is 15.1. The molecule has 1 aromatic carbocycles. The number of nitrogens with zero attached hydrogens (tertiary/aromatic N) is 2. The molecule has 146 valence electrons. The van der Waals surface area contributed by atoms with E-state index in [1.54, 1.807) is 35.2 Å². The fraction of sp³-hybridized carbons (Fsp3) is 0.474. The molecule has 2 aliphatic rings. The van der Waals surface area contributed by atoms with Crippen LogP contribution >= 0.6 is 0 Å². The summed E-state index contributed by atoms with van der Waals surface area (Å²) >= 11 is 0. The van der Waals surface area contributed by atoms with Crippen LogP contribution in [0, 0.1) is 5.92 Å². The van der Waals surface area contributed by atoms with Gasteiger partial charge in [-0.25, -0.2) is 8.42 Å². The minimum absolute atomic E-state index is 0.171. The summed E-state index contributed by atoms with van der Waals surface area (Å²) in [5, 5.41) is 0. The normalized spacial score (nSPS) is 21.0. The van der Waals surface area contributed by atoms with Crippen LogP contribution in [0.25, 0.3) is 0 Å². The van der Waals surface area contributed by atoms with E-state index in [1.165, 1.54) is 4.31 Å². The van der Waals surface area contributed by atoms with E-state index in [9.17, 15) is 18.0 Å². The number of amides is 1. The van der Waals surface area contributed by atoms with Crippen LogP contribution in [-0.2, 0) is 24.3 Å². The Morgan fingerprint density at radius 1 is 1.04 bits per heavy atom. The summed E-state index contributed by atoms with van der Waals surface area (Å²) in [4.78, 5) is 26.1. The van der Waals surface area contributed by atoms with E-state index in [4.69, 9.17) is 4.74 Å². The third-order valence-corrected chi connectivity index (χ3v) is 6.83. The zero-order valence-corrected chi connectivity index (χ0v) is 15.9. The summed E-state index contributed by atoms with van der Waals surface area (Å²) in [7, 11) is -3.55. The van der Waals surface area contributed by atoms with Crippen LogP contribution in [0.5, 0.6) is 0 Å². The van der Waals surface area contributed by atoms with Crippen LogP contribution < -0.4 is 0 Å². The Labute approximate surface area is 159 Å². The van der Waals surface area contributed by atoms with Crippen LogP contribution in [0.3, 0.4) is 0 Å². The molecule has 0 bridgehead atoms. The Bertz CT molecular complexity index is 799. The number of ether oxygens (including phenoxy) is 1. The Morgan fingerprint density at radius 3 is 2.37 bits per heavy atom. The molecule has 27 heavy (non-hydrogen) atoms. The molecule has 8 heteroatoms. The standard InChI is InChI=1S/C19H24N2O5S/c22-18(15-26-19(23)16-7-3-1-4-8-16)20-11-13-21(14-12-20)27(24,25)17-9-5-2-6-10-17/h1-3,5-6,9-10,16H,4,7-8,11-15H2/t16-/m1/s1. The molecular formula is C19H24N2O5S. The molecule has 1 fully saturated rings. The maximum absolute atomic E-state index is 12.6. The summed E-state index contributed by atoms with van der Waals surface area (Å²) in [6.07, 6.45) is 6.26. The van der Waals surface area contributed by atoms with E-state index in [-0.39, 0.29) is 55.5 Å². The minimum Gasteiger partial charge on any atom is -0.455 e. The highest BCUT2D eigenvalue weighted by molar-refractivity contribution is 7.89. The SMILES string of the molecule is O=C(OCC(=O)N1CCN(S(=O)(=O)c2ccccc2)CC1)[C@@H]1CC=CCC1. The molecule has 0 spiro atoms. The van der Waals surface area contributed by atoms with Crippen LogP contribution in [0.4, 0.5) is 0 Å². The van der Waals surface area contributed by atoms with Gasteiger partial charge in [0.05, 0.1) is 10.8 Å². The molecule has 3 rings (SSSR count). The number of benzene rings is 1. The molecule has 0 saturated carbocycles. The Morgan fingerprint density at radius 2 is 1.74 bits per heavy atom. The van der Waals surface area contributed by atoms with Crippen molar-refractivity contribution >= 4 is 21.9 Å². The number of rotatable bonds is 5.